The van der Waals surface area contributed by atoms with Crippen molar-refractivity contribution in [3.8, 4) is 34.5 Å². The van der Waals surface area contributed by atoms with E-state index in [9.17, 15) is 53.5 Å². The second kappa shape index (κ2) is 29.2. The number of aryl methyl sites for hydroxylation is 2. The number of aromatic nitrogens is 4. The lowest BCUT2D eigenvalue weighted by Crippen LogP contribution is -2.38. The molecule has 0 spiro atoms. The summed E-state index contributed by atoms with van der Waals surface area (Å²) in [7, 11) is 2.71. The molecule has 1 amide bonds. The Morgan fingerprint density at radius 1 is 0.595 bits per heavy atom. The van der Waals surface area contributed by atoms with E-state index in [4.69, 9.17) is 45.1 Å². The number of nitrogens with zero attached hydrogens (tertiary/aromatic N) is 5. The summed E-state index contributed by atoms with van der Waals surface area (Å²) in [5, 5.41) is 28.5. The molecule has 0 bridgehead atoms. The van der Waals surface area contributed by atoms with Gasteiger partial charge in [0.2, 0.25) is 12.6 Å². The summed E-state index contributed by atoms with van der Waals surface area (Å²) >= 11 is 0. The van der Waals surface area contributed by atoms with Gasteiger partial charge in [0, 0.05) is 43.1 Å². The van der Waals surface area contributed by atoms with Crippen molar-refractivity contribution >= 4 is 36.1 Å². The second-order valence-electron chi connectivity index (χ2n) is 17.0. The monoisotopic (exact) mass is 1120 g/mol. The average Bonchev–Trinajstić information content (AvgIpc) is 3.42. The fourth-order valence-corrected chi connectivity index (χ4v) is 7.60. The molecule has 424 valence electrons. The van der Waals surface area contributed by atoms with E-state index in [1.165, 1.54) is 74.4 Å². The number of methoxy groups -OCH3 is 2. The third-order valence-electron chi connectivity index (χ3n) is 11.3. The first-order valence-corrected chi connectivity index (χ1v) is 23.4. The number of carboxylic acids is 1. The third-order valence-corrected chi connectivity index (χ3v) is 11.3. The summed E-state index contributed by atoms with van der Waals surface area (Å²) in [5.41, 5.74) is 14.8. The highest BCUT2D eigenvalue weighted by atomic mass is 19.4. The topological polar surface area (TPSA) is 244 Å². The van der Waals surface area contributed by atoms with Gasteiger partial charge in [0.25, 0.3) is 5.91 Å². The zero-order valence-corrected chi connectivity index (χ0v) is 42.4. The molecule has 4 aromatic carbocycles. The van der Waals surface area contributed by atoms with E-state index in [-0.39, 0.29) is 40.2 Å². The van der Waals surface area contributed by atoms with Crippen LogP contribution >= 0.6 is 0 Å². The van der Waals surface area contributed by atoms with Gasteiger partial charge in [-0.15, -0.1) is 10.2 Å². The lowest BCUT2D eigenvalue weighted by molar-refractivity contribution is -0.156. The average molecular weight is 1120 g/mol. The van der Waals surface area contributed by atoms with Gasteiger partial charge in [0.05, 0.1) is 36.7 Å². The molecule has 17 nitrogen and oxygen atoms in total. The molecule has 2 saturated heterocycles. The lowest BCUT2D eigenvalue weighted by Gasteiger charge is -2.32. The first-order valence-electron chi connectivity index (χ1n) is 23.4. The molecule has 2 aromatic heterocycles. The van der Waals surface area contributed by atoms with Gasteiger partial charge in [0.1, 0.15) is 46.4 Å². The normalized spacial score (nSPS) is 13.5. The number of hydrogen-bond donors (Lipinski definition) is 4. The Labute approximate surface area is 444 Å². The molecule has 0 aliphatic carbocycles. The van der Waals surface area contributed by atoms with Crippen molar-refractivity contribution in [2.45, 2.75) is 63.7 Å². The molecule has 27 heteroatoms. The first kappa shape index (κ1) is 62.9. The fourth-order valence-electron chi connectivity index (χ4n) is 7.60. The van der Waals surface area contributed by atoms with Crippen LogP contribution in [-0.2, 0) is 9.59 Å². The molecule has 2 fully saturated rings. The SMILES string of the molecule is COc1cc(C(=O)N2CCC(c3nnc(N)cc3C)CC2)c(F)cc1Oc1ccc(F)cc1.COc1cc(C(=O)O)c(F)cc1Oc1ccc(F)cc1.Cc1cc(N)nnc1C1CCNCC1.O=CC(F)(F)F.O=CC(F)(F)F. The van der Waals surface area contributed by atoms with Crippen molar-refractivity contribution in [2.24, 2.45) is 0 Å². The predicted molar refractivity (Wildman–Crippen MR) is 265 cm³/mol. The Balaban J connectivity index is 0.000000247. The van der Waals surface area contributed by atoms with Crippen LogP contribution in [0.5, 0.6) is 34.5 Å². The van der Waals surface area contributed by atoms with Gasteiger partial charge >= 0.3 is 18.3 Å². The summed E-state index contributed by atoms with van der Waals surface area (Å²) in [5.74, 6) is -1.79. The van der Waals surface area contributed by atoms with E-state index < -0.39 is 65.6 Å². The molecule has 6 N–H and O–H groups in total. The van der Waals surface area contributed by atoms with Crippen LogP contribution in [0.15, 0.2) is 84.9 Å². The molecule has 2 aliphatic heterocycles. The van der Waals surface area contributed by atoms with Gasteiger partial charge in [-0.1, -0.05) is 0 Å². The number of nitrogen functional groups attached to an aromatic ring is 2. The maximum atomic E-state index is 14.9. The number of aromatic carboxylic acids is 1. The maximum Gasteiger partial charge on any atom is 0.446 e. The highest BCUT2D eigenvalue weighted by molar-refractivity contribution is 5.95. The van der Waals surface area contributed by atoms with Crippen LogP contribution in [0.1, 0.15) is 80.7 Å². The summed E-state index contributed by atoms with van der Waals surface area (Å²) in [6.45, 7) is 7.08. The van der Waals surface area contributed by atoms with Gasteiger partial charge in [0.15, 0.2) is 23.0 Å². The number of likely N-dealkylation sites (tertiary alicyclic amines) is 1. The van der Waals surface area contributed by atoms with Crippen molar-refractivity contribution in [1.29, 1.82) is 0 Å². The quantitative estimate of drug-likeness (QED) is 0.0736. The Morgan fingerprint density at radius 2 is 0.962 bits per heavy atom. The van der Waals surface area contributed by atoms with E-state index >= 15 is 0 Å². The summed E-state index contributed by atoms with van der Waals surface area (Å²) in [6.07, 6.45) is -7.72. The van der Waals surface area contributed by atoms with E-state index in [0.29, 0.717) is 49.2 Å². The zero-order chi connectivity index (χ0) is 58.6. The Kier molecular flexibility index (Phi) is 23.3. The maximum absolute atomic E-state index is 14.9. The molecule has 79 heavy (non-hydrogen) atoms. The van der Waals surface area contributed by atoms with Crippen LogP contribution in [0.25, 0.3) is 0 Å². The number of rotatable bonds is 10. The molecule has 4 heterocycles. The number of piperidine rings is 2. The molecule has 8 rings (SSSR count). The molecule has 2 aliphatic rings. The van der Waals surface area contributed by atoms with E-state index in [2.05, 4.69) is 32.6 Å². The number of halogens is 10. The lowest BCUT2D eigenvalue weighted by atomic mass is 9.90. The highest BCUT2D eigenvalue weighted by Crippen LogP contribution is 2.37. The van der Waals surface area contributed by atoms with Crippen LogP contribution < -0.4 is 35.7 Å². The minimum absolute atomic E-state index is 0.00149. The second-order valence-corrected chi connectivity index (χ2v) is 17.0. The van der Waals surface area contributed by atoms with E-state index in [0.717, 1.165) is 61.1 Å². The summed E-state index contributed by atoms with van der Waals surface area (Å²) < 4.78 is 138. The number of anilines is 2. The van der Waals surface area contributed by atoms with Crippen molar-refractivity contribution < 1.29 is 87.1 Å². The van der Waals surface area contributed by atoms with Crippen molar-refractivity contribution in [2.75, 3.05) is 51.9 Å². The van der Waals surface area contributed by atoms with Crippen LogP contribution in [0.3, 0.4) is 0 Å². The Bertz CT molecular complexity index is 2980. The van der Waals surface area contributed by atoms with Crippen molar-refractivity contribution in [1.82, 2.24) is 30.6 Å². The van der Waals surface area contributed by atoms with Gasteiger partial charge in [-0.2, -0.15) is 36.5 Å². The Hall–Kier alpha value is -8.62. The zero-order valence-electron chi connectivity index (χ0n) is 42.4. The number of amides is 1. The molecule has 0 unspecified atom stereocenters. The number of carbonyl (C=O) groups excluding carboxylic acids is 3. The smallest absolute Gasteiger partial charge is 0.446 e. The fraction of sp³-hybridized carbons (Fsp3) is 0.308. The number of aldehydes is 2. The minimum atomic E-state index is -4.64. The van der Waals surface area contributed by atoms with Crippen LogP contribution in [0.2, 0.25) is 0 Å². The standard InChI is InChI=1S/C24H24F2N4O3.C14H10F2O4.C10H16N4.2C2HF3O/c1-14-11-22(27)28-29-23(14)15-7-9-30(10-8-15)24(31)18-12-20(32-2)21(13-19(18)26)33-17-5-3-16(25)4-6-17;1-19-12-6-10(14(17)18)11(16)7-13(12)20-9-4-2-8(15)3-5-9;1-7-6-9(11)13-14-10(7)8-2-4-12-5-3-8;2*3-2(4,5)1-6/h3-6,11-13,15H,7-10H2,1-2H3,(H2,27,28);2-7H,1H3,(H,17,18);6,8,12H,2-5H2,1H3,(H2,11,13);2*1H. The van der Waals surface area contributed by atoms with Gasteiger partial charge < -0.3 is 45.7 Å². The number of nitrogens with one attached hydrogen (secondary N) is 1. The van der Waals surface area contributed by atoms with Gasteiger partial charge in [-0.05, 0) is 130 Å². The number of ether oxygens (including phenoxy) is 4. The summed E-state index contributed by atoms with van der Waals surface area (Å²) in [6, 6.07) is 18.5. The van der Waals surface area contributed by atoms with Crippen LogP contribution in [-0.4, -0.2) is 108 Å². The molecule has 0 atom stereocenters. The van der Waals surface area contributed by atoms with Gasteiger partial charge in [-0.25, -0.2) is 22.4 Å². The molecule has 6 aromatic rings. The molecule has 0 saturated carbocycles. The van der Waals surface area contributed by atoms with Gasteiger partial charge in [-0.3, -0.25) is 14.4 Å². The van der Waals surface area contributed by atoms with Crippen molar-refractivity contribution in [3.63, 3.8) is 0 Å². The van der Waals surface area contributed by atoms with Crippen LogP contribution in [0.4, 0.5) is 55.5 Å². The number of carbonyl (C=O) groups is 4. The third kappa shape index (κ3) is 20.0. The minimum Gasteiger partial charge on any atom is -0.493 e. The number of carboxylic acid groups (broad SMARTS) is 1. The van der Waals surface area contributed by atoms with E-state index in [1.54, 1.807) is 11.0 Å². The van der Waals surface area contributed by atoms with E-state index in [1.807, 2.05) is 13.0 Å². The first-order chi connectivity index (χ1) is 37.2. The number of hydrogen-bond acceptors (Lipinski definition) is 15. The number of alkyl halides is 6. The largest absolute Gasteiger partial charge is 0.493 e. The molecular formula is C52H52F10N8O9. The number of benzene rings is 4. The van der Waals surface area contributed by atoms with Crippen LogP contribution in [0, 0.1) is 37.1 Å². The molecule has 0 radical (unpaired) electrons. The van der Waals surface area contributed by atoms with Crippen molar-refractivity contribution in [3.05, 3.63) is 142 Å². The Morgan fingerprint density at radius 3 is 1.32 bits per heavy atom. The molecular weight excluding hydrogens is 1070 g/mol. The predicted octanol–water partition coefficient (Wildman–Crippen LogP) is 10.3. The summed E-state index contributed by atoms with van der Waals surface area (Å²) in [4.78, 5) is 42.9. The highest BCUT2D eigenvalue weighted by Gasteiger charge is 2.30. The number of nitrogens with two attached hydrogens (primary N) is 2.